The lowest BCUT2D eigenvalue weighted by Gasteiger charge is -2.28. The topological polar surface area (TPSA) is 46.5 Å². The second-order valence-electron chi connectivity index (χ2n) is 4.87. The van der Waals surface area contributed by atoms with Gasteiger partial charge in [-0.2, -0.15) is 0 Å². The number of rotatable bonds is 6. The van der Waals surface area contributed by atoms with E-state index in [1.807, 2.05) is 55.5 Å². The zero-order valence-corrected chi connectivity index (χ0v) is 11.5. The Balaban J connectivity index is 2.39. The second-order valence-corrected chi connectivity index (χ2v) is 4.87. The van der Waals surface area contributed by atoms with E-state index in [-0.39, 0.29) is 12.4 Å². The van der Waals surface area contributed by atoms with E-state index >= 15 is 0 Å². The average Bonchev–Trinajstić information content (AvgIpc) is 2.53. The summed E-state index contributed by atoms with van der Waals surface area (Å²) < 4.78 is 5.13. The fraction of sp³-hybridized carbons (Fsp3) is 0.235. The Labute approximate surface area is 118 Å². The molecule has 0 radical (unpaired) electrons. The van der Waals surface area contributed by atoms with Gasteiger partial charge >= 0.3 is 0 Å². The Bertz CT molecular complexity index is 551. The lowest BCUT2D eigenvalue weighted by Crippen LogP contribution is -2.37. The molecule has 0 aliphatic heterocycles. The van der Waals surface area contributed by atoms with Crippen molar-refractivity contribution >= 4 is 5.78 Å². The molecule has 0 aliphatic carbocycles. The third-order valence-electron chi connectivity index (χ3n) is 3.43. The summed E-state index contributed by atoms with van der Waals surface area (Å²) >= 11 is 0. The summed E-state index contributed by atoms with van der Waals surface area (Å²) in [5, 5.41) is 8.90. The summed E-state index contributed by atoms with van der Waals surface area (Å²) in [5.41, 5.74) is 0.702. The van der Waals surface area contributed by atoms with Crippen molar-refractivity contribution in [1.29, 1.82) is 0 Å². The monoisotopic (exact) mass is 271 g/mol. The predicted octanol–water partition coefficient (Wildman–Crippen LogP) is 2.79. The van der Waals surface area contributed by atoms with E-state index < -0.39 is 12.2 Å². The van der Waals surface area contributed by atoms with E-state index in [9.17, 15) is 4.79 Å². The molecule has 2 rings (SSSR count). The molecule has 0 amide bonds. The molecule has 1 unspecified atom stereocenters. The van der Waals surface area contributed by atoms with E-state index in [1.54, 1.807) is 12.1 Å². The highest BCUT2D eigenvalue weighted by molar-refractivity contribution is 6.04. The van der Waals surface area contributed by atoms with Crippen LogP contribution < -0.4 is 0 Å². The van der Waals surface area contributed by atoms with Gasteiger partial charge in [0.05, 0.1) is 12.0 Å². The molecule has 3 nitrogen and oxygen atoms in total. The number of hydrogen-bond acceptors (Lipinski definition) is 3. The molecule has 104 valence electrons. The van der Waals surface area contributed by atoms with Gasteiger partial charge in [0.2, 0.25) is 0 Å². The van der Waals surface area contributed by atoms with Gasteiger partial charge < -0.3 is 9.84 Å². The molecule has 0 saturated heterocycles. The minimum Gasteiger partial charge on any atom is -0.371 e. The smallest absolute Gasteiger partial charge is 0.175 e. The molecule has 0 fully saturated rings. The molecule has 0 aliphatic rings. The Hall–Kier alpha value is -1.97. The molecular formula is C17H18O3. The fourth-order valence-electron chi connectivity index (χ4n) is 2.24. The lowest BCUT2D eigenvalue weighted by molar-refractivity contribution is -0.0189. The third-order valence-corrected chi connectivity index (χ3v) is 3.43. The van der Waals surface area contributed by atoms with Crippen molar-refractivity contribution in [2.24, 2.45) is 0 Å². The van der Waals surface area contributed by atoms with Gasteiger partial charge in [-0.1, -0.05) is 60.7 Å². The van der Waals surface area contributed by atoms with Gasteiger partial charge in [0, 0.05) is 5.56 Å². The first-order valence-corrected chi connectivity index (χ1v) is 6.52. The maximum atomic E-state index is 12.8. The number of hydrogen-bond donors (Lipinski definition) is 1. The molecule has 3 heteroatoms. The van der Waals surface area contributed by atoms with Gasteiger partial charge in [-0.15, -0.1) is 0 Å². The quantitative estimate of drug-likeness (QED) is 0.499. The molecule has 0 aromatic heterocycles. The third kappa shape index (κ3) is 2.95. The Morgan fingerprint density at radius 2 is 1.60 bits per heavy atom. The van der Waals surface area contributed by atoms with Crippen molar-refractivity contribution in [1.82, 2.24) is 0 Å². The molecule has 2 aromatic carbocycles. The van der Waals surface area contributed by atoms with Crippen LogP contribution in [-0.4, -0.2) is 24.3 Å². The second kappa shape index (κ2) is 6.46. The van der Waals surface area contributed by atoms with Crippen molar-refractivity contribution in [2.75, 3.05) is 13.4 Å². The molecule has 1 N–H and O–H groups in total. The molecule has 0 bridgehead atoms. The molecule has 1 atom stereocenters. The molecule has 20 heavy (non-hydrogen) atoms. The van der Waals surface area contributed by atoms with Crippen molar-refractivity contribution in [2.45, 2.75) is 12.3 Å². The molecule has 0 heterocycles. The van der Waals surface area contributed by atoms with Gasteiger partial charge in [-0.05, 0) is 12.5 Å². The zero-order valence-electron chi connectivity index (χ0n) is 11.5. The van der Waals surface area contributed by atoms with E-state index in [0.29, 0.717) is 5.56 Å². The Morgan fingerprint density at radius 3 is 2.15 bits per heavy atom. The first-order chi connectivity index (χ1) is 9.68. The number of ketones is 1. The number of benzene rings is 2. The Morgan fingerprint density at radius 1 is 1.05 bits per heavy atom. The summed E-state index contributed by atoms with van der Waals surface area (Å²) in [6.45, 7) is 1.58. The van der Waals surface area contributed by atoms with Crippen LogP contribution in [0.4, 0.5) is 0 Å². The van der Waals surface area contributed by atoms with E-state index in [2.05, 4.69) is 0 Å². The maximum absolute atomic E-state index is 12.8. The molecule has 2 aromatic rings. The zero-order chi connectivity index (χ0) is 14.4. The van der Waals surface area contributed by atoms with E-state index in [4.69, 9.17) is 9.84 Å². The van der Waals surface area contributed by atoms with Crippen LogP contribution >= 0.6 is 0 Å². The van der Waals surface area contributed by atoms with E-state index in [0.717, 1.165) is 5.56 Å². The summed E-state index contributed by atoms with van der Waals surface area (Å²) in [5.74, 6) is -0.0160. The summed E-state index contributed by atoms with van der Waals surface area (Å²) in [4.78, 5) is 12.8. The minimum absolute atomic E-state index is 0.0160. The summed E-state index contributed by atoms with van der Waals surface area (Å²) in [6.07, 6.45) is 0. The number of carbonyl (C=O) groups is 1. The van der Waals surface area contributed by atoms with Gasteiger partial charge in [-0.25, -0.2) is 0 Å². The van der Waals surface area contributed by atoms with Crippen molar-refractivity contribution < 1.29 is 14.6 Å². The van der Waals surface area contributed by atoms with Crippen LogP contribution in [0.1, 0.15) is 22.8 Å². The lowest BCUT2D eigenvalue weighted by atomic mass is 9.77. The van der Waals surface area contributed by atoms with Crippen LogP contribution in [0.15, 0.2) is 60.7 Å². The minimum atomic E-state index is -0.814. The first-order valence-electron chi connectivity index (χ1n) is 6.52. The number of Topliss-reactive ketones (excluding diaryl/α,β-unsaturated/α-hetero) is 1. The number of ether oxygens (including phenoxy) is 1. The summed E-state index contributed by atoms with van der Waals surface area (Å²) in [6, 6.07) is 18.6. The molecule has 0 saturated carbocycles. The highest BCUT2D eigenvalue weighted by Crippen LogP contribution is 2.28. The van der Waals surface area contributed by atoms with Crippen molar-refractivity contribution in [3.63, 3.8) is 0 Å². The van der Waals surface area contributed by atoms with Gasteiger partial charge in [0.15, 0.2) is 5.78 Å². The van der Waals surface area contributed by atoms with Crippen LogP contribution in [0.3, 0.4) is 0 Å². The largest absolute Gasteiger partial charge is 0.371 e. The normalized spacial score (nSPS) is 13.7. The fourth-order valence-corrected chi connectivity index (χ4v) is 2.24. The number of carbonyl (C=O) groups excluding carboxylic acids is 1. The van der Waals surface area contributed by atoms with Crippen LogP contribution in [0.2, 0.25) is 0 Å². The molecular weight excluding hydrogens is 253 g/mol. The van der Waals surface area contributed by atoms with Crippen LogP contribution in [0, 0.1) is 0 Å². The molecule has 0 spiro atoms. The SMILES string of the molecule is CC(CO[13CH2]O)(C(=O)c1ccccc1)c1ccccc1. The van der Waals surface area contributed by atoms with E-state index in [1.165, 1.54) is 0 Å². The first kappa shape index (κ1) is 14.4. The van der Waals surface area contributed by atoms with Gasteiger partial charge in [-0.3, -0.25) is 4.79 Å². The average molecular weight is 271 g/mol. The van der Waals surface area contributed by atoms with Gasteiger partial charge in [0.25, 0.3) is 0 Å². The van der Waals surface area contributed by atoms with Gasteiger partial charge in [0.1, 0.15) is 6.79 Å². The predicted molar refractivity (Wildman–Crippen MR) is 77.6 cm³/mol. The number of aliphatic hydroxyl groups is 1. The van der Waals surface area contributed by atoms with Crippen LogP contribution in [0.25, 0.3) is 0 Å². The standard InChI is InChI=1S/C17H18O3/c1-17(12-20-13-18,15-10-6-3-7-11-15)16(19)14-8-4-2-5-9-14/h2-11,18H,12-13H2,1H3/i13+1. The van der Waals surface area contributed by atoms with Crippen molar-refractivity contribution in [3.8, 4) is 0 Å². The number of aliphatic hydroxyl groups excluding tert-OH is 1. The van der Waals surface area contributed by atoms with Crippen molar-refractivity contribution in [3.05, 3.63) is 71.8 Å². The highest BCUT2D eigenvalue weighted by atomic mass is 16.7. The maximum Gasteiger partial charge on any atom is 0.175 e. The highest BCUT2D eigenvalue weighted by Gasteiger charge is 2.36. The van der Waals surface area contributed by atoms with Crippen LogP contribution in [0.5, 0.6) is 0 Å². The van der Waals surface area contributed by atoms with Crippen LogP contribution in [-0.2, 0) is 10.2 Å². The summed E-state index contributed by atoms with van der Waals surface area (Å²) in [7, 11) is 0. The Kier molecular flexibility index (Phi) is 4.66.